The van der Waals surface area contributed by atoms with E-state index in [1.807, 2.05) is 6.07 Å². The highest BCUT2D eigenvalue weighted by Gasteiger charge is 2.51. The zero-order valence-corrected chi connectivity index (χ0v) is 21.0. The van der Waals surface area contributed by atoms with Gasteiger partial charge in [0.15, 0.2) is 11.0 Å². The van der Waals surface area contributed by atoms with Gasteiger partial charge in [0, 0.05) is 5.54 Å². The highest BCUT2D eigenvalue weighted by molar-refractivity contribution is 7.99. The first-order chi connectivity index (χ1) is 15.9. The highest BCUT2D eigenvalue weighted by Crippen LogP contribution is 2.55. The summed E-state index contributed by atoms with van der Waals surface area (Å²) in [5, 5.41) is 13.4. The molecular weight excluding hydrogens is 430 g/mol. The Morgan fingerprint density at radius 1 is 1.12 bits per heavy atom. The van der Waals surface area contributed by atoms with Crippen molar-refractivity contribution in [3.8, 4) is 0 Å². The van der Waals surface area contributed by atoms with Gasteiger partial charge in [-0.1, -0.05) is 49.0 Å². The summed E-state index contributed by atoms with van der Waals surface area (Å²) in [6.45, 7) is 2.89. The summed E-state index contributed by atoms with van der Waals surface area (Å²) in [4.78, 5) is 15.3. The first-order valence-electron chi connectivity index (χ1n) is 12.5. The van der Waals surface area contributed by atoms with Crippen LogP contribution in [0.25, 0.3) is 0 Å². The summed E-state index contributed by atoms with van der Waals surface area (Å²) in [7, 11) is 4.17. The monoisotopic (exact) mass is 467 g/mol. The van der Waals surface area contributed by atoms with Gasteiger partial charge in [-0.05, 0) is 82.4 Å². The van der Waals surface area contributed by atoms with Crippen LogP contribution in [0.1, 0.15) is 69.3 Å². The van der Waals surface area contributed by atoms with Gasteiger partial charge in [-0.3, -0.25) is 9.69 Å². The van der Waals surface area contributed by atoms with Crippen molar-refractivity contribution in [1.82, 2.24) is 25.0 Å². The smallest absolute Gasteiger partial charge is 0.230 e. The van der Waals surface area contributed by atoms with E-state index in [0.29, 0.717) is 12.3 Å². The maximum atomic E-state index is 13.1. The van der Waals surface area contributed by atoms with Gasteiger partial charge in [-0.25, -0.2) is 0 Å². The van der Waals surface area contributed by atoms with Gasteiger partial charge in [0.25, 0.3) is 0 Å². The van der Waals surface area contributed by atoms with Crippen molar-refractivity contribution < 1.29 is 4.79 Å². The second-order valence-electron chi connectivity index (χ2n) is 10.8. The lowest BCUT2D eigenvalue weighted by molar-refractivity contribution is -0.124. The van der Waals surface area contributed by atoms with Crippen LogP contribution in [0.2, 0.25) is 0 Å². The van der Waals surface area contributed by atoms with Crippen molar-refractivity contribution in [3.05, 3.63) is 41.7 Å². The molecule has 1 amide bonds. The van der Waals surface area contributed by atoms with Gasteiger partial charge in [0.2, 0.25) is 5.91 Å². The number of thioether (sulfide) groups is 1. The number of carbonyl (C=O) groups is 1. The number of hydrogen-bond acceptors (Lipinski definition) is 5. The van der Waals surface area contributed by atoms with Crippen LogP contribution < -0.4 is 5.32 Å². The summed E-state index contributed by atoms with van der Waals surface area (Å²) in [6, 6.07) is 10.6. The number of nitrogens with one attached hydrogen (secondary N) is 1. The van der Waals surface area contributed by atoms with E-state index in [4.69, 9.17) is 0 Å². The molecule has 2 aromatic rings. The minimum absolute atomic E-state index is 0.0630. The molecule has 0 radical (unpaired) electrons. The Bertz CT molecular complexity index is 937. The van der Waals surface area contributed by atoms with Crippen molar-refractivity contribution in [3.63, 3.8) is 0 Å². The fourth-order valence-corrected chi connectivity index (χ4v) is 7.82. The van der Waals surface area contributed by atoms with Crippen LogP contribution in [-0.2, 0) is 11.3 Å². The molecule has 4 bridgehead atoms. The van der Waals surface area contributed by atoms with Crippen LogP contribution in [-0.4, -0.2) is 51.0 Å². The predicted molar refractivity (Wildman–Crippen MR) is 132 cm³/mol. The summed E-state index contributed by atoms with van der Waals surface area (Å²) in [5.41, 5.74) is 1.28. The van der Waals surface area contributed by atoms with Crippen LogP contribution in [0.5, 0.6) is 0 Å². The number of carbonyl (C=O) groups excluding carboxylic acids is 1. The Morgan fingerprint density at radius 3 is 2.33 bits per heavy atom. The minimum Gasteiger partial charge on any atom is -0.350 e. The molecule has 4 aliphatic rings. The molecule has 1 unspecified atom stereocenters. The molecule has 1 N–H and O–H groups in total. The van der Waals surface area contributed by atoms with E-state index in [9.17, 15) is 4.79 Å². The van der Waals surface area contributed by atoms with Crippen molar-refractivity contribution >= 4 is 17.7 Å². The van der Waals surface area contributed by atoms with E-state index in [2.05, 4.69) is 70.3 Å². The maximum absolute atomic E-state index is 13.1. The summed E-state index contributed by atoms with van der Waals surface area (Å²) in [5.74, 6) is 4.01. The van der Waals surface area contributed by atoms with Gasteiger partial charge in [0.1, 0.15) is 0 Å². The molecule has 4 saturated carbocycles. The first-order valence-corrected chi connectivity index (χ1v) is 13.5. The maximum Gasteiger partial charge on any atom is 0.230 e. The lowest BCUT2D eigenvalue weighted by atomic mass is 9.53. The largest absolute Gasteiger partial charge is 0.350 e. The zero-order valence-electron chi connectivity index (χ0n) is 20.2. The zero-order chi connectivity index (χ0) is 23.0. The van der Waals surface area contributed by atoms with Gasteiger partial charge in [-0.2, -0.15) is 0 Å². The SMILES string of the molecule is CCC(c1nnc(SCC(=O)NC23CC4CC(CC(C4)C2)C3)n1Cc1ccccc1)N(C)C. The second kappa shape index (κ2) is 9.41. The Balaban J connectivity index is 1.29. The average molecular weight is 468 g/mol. The molecule has 1 heterocycles. The third-order valence-corrected chi connectivity index (χ3v) is 8.98. The molecule has 6 nitrogen and oxygen atoms in total. The normalized spacial score (nSPS) is 28.9. The molecule has 1 aromatic heterocycles. The fraction of sp³-hybridized carbons (Fsp3) is 0.654. The predicted octanol–water partition coefficient (Wildman–Crippen LogP) is 4.52. The Hall–Kier alpha value is -1.86. The van der Waals surface area contributed by atoms with E-state index < -0.39 is 0 Å². The molecule has 1 atom stereocenters. The van der Waals surface area contributed by atoms with Crippen LogP contribution >= 0.6 is 11.8 Å². The molecular formula is C26H37N5OS. The molecule has 0 saturated heterocycles. The number of benzene rings is 1. The molecule has 7 heteroatoms. The van der Waals surface area contributed by atoms with Crippen LogP contribution in [0, 0.1) is 17.8 Å². The second-order valence-corrected chi connectivity index (χ2v) is 11.8. The number of rotatable bonds is 9. The van der Waals surface area contributed by atoms with Gasteiger partial charge in [0.05, 0.1) is 18.3 Å². The van der Waals surface area contributed by atoms with E-state index in [0.717, 1.165) is 35.2 Å². The number of hydrogen-bond donors (Lipinski definition) is 1. The summed E-state index contributed by atoms with van der Waals surface area (Å²) in [6.07, 6.45) is 8.68. The molecule has 178 valence electrons. The van der Waals surface area contributed by atoms with E-state index in [1.54, 1.807) is 0 Å². The lowest BCUT2D eigenvalue weighted by Gasteiger charge is -2.56. The van der Waals surface area contributed by atoms with Gasteiger partial charge in [-0.15, -0.1) is 10.2 Å². The van der Waals surface area contributed by atoms with Crippen molar-refractivity contribution in [2.75, 3.05) is 19.8 Å². The van der Waals surface area contributed by atoms with Crippen LogP contribution in [0.4, 0.5) is 0 Å². The summed E-state index contributed by atoms with van der Waals surface area (Å²) >= 11 is 1.52. The van der Waals surface area contributed by atoms with Crippen LogP contribution in [0.15, 0.2) is 35.5 Å². The van der Waals surface area contributed by atoms with Crippen molar-refractivity contribution in [2.45, 2.75) is 75.2 Å². The first kappa shape index (κ1) is 22.9. The van der Waals surface area contributed by atoms with Crippen LogP contribution in [0.3, 0.4) is 0 Å². The standard InChI is InChI=1S/C26H37N5OS/c1-4-22(30(2)3)24-28-29-25(31(24)16-18-8-6-5-7-9-18)33-17-23(32)27-26-13-19-10-20(14-26)12-21(11-19)15-26/h5-9,19-22H,4,10-17H2,1-3H3,(H,27,32). The van der Waals surface area contributed by atoms with E-state index >= 15 is 0 Å². The lowest BCUT2D eigenvalue weighted by Crippen LogP contribution is -2.60. The molecule has 6 rings (SSSR count). The molecule has 0 spiro atoms. The number of nitrogens with zero attached hydrogens (tertiary/aromatic N) is 4. The molecule has 33 heavy (non-hydrogen) atoms. The minimum atomic E-state index is 0.0630. The highest BCUT2D eigenvalue weighted by atomic mass is 32.2. The molecule has 4 fully saturated rings. The number of aromatic nitrogens is 3. The van der Waals surface area contributed by atoms with Gasteiger partial charge >= 0.3 is 0 Å². The number of amides is 1. The van der Waals surface area contributed by atoms with Gasteiger partial charge < -0.3 is 9.88 Å². The van der Waals surface area contributed by atoms with Crippen molar-refractivity contribution in [2.24, 2.45) is 17.8 Å². The van der Waals surface area contributed by atoms with Crippen molar-refractivity contribution in [1.29, 1.82) is 0 Å². The van der Waals surface area contributed by atoms with E-state index in [1.165, 1.54) is 55.9 Å². The molecule has 4 aliphatic carbocycles. The fourth-order valence-electron chi connectivity index (χ4n) is 7.07. The Kier molecular flexibility index (Phi) is 6.54. The topological polar surface area (TPSA) is 63.1 Å². The third kappa shape index (κ3) is 4.85. The Labute approximate surface area is 201 Å². The average Bonchev–Trinajstić information content (AvgIpc) is 3.14. The van der Waals surface area contributed by atoms with E-state index in [-0.39, 0.29) is 17.5 Å². The Morgan fingerprint density at radius 2 is 1.76 bits per heavy atom. The molecule has 1 aromatic carbocycles. The summed E-state index contributed by atoms with van der Waals surface area (Å²) < 4.78 is 2.20. The third-order valence-electron chi connectivity index (χ3n) is 8.01. The molecule has 0 aliphatic heterocycles. The quantitative estimate of drug-likeness (QED) is 0.550.